The average Bonchev–Trinajstić information content (AvgIpc) is 2.66. The third-order valence-electron chi connectivity index (χ3n) is 1.85. The predicted octanol–water partition coefficient (Wildman–Crippen LogP) is 0.773. The van der Waals surface area contributed by atoms with Gasteiger partial charge in [-0.25, -0.2) is 18.7 Å². The Bertz CT molecular complexity index is 622. The van der Waals surface area contributed by atoms with Crippen LogP contribution in [0.15, 0.2) is 29.4 Å². The lowest BCUT2D eigenvalue weighted by atomic mass is 10.2. The van der Waals surface area contributed by atoms with E-state index in [4.69, 9.17) is 16.7 Å². The second-order valence-corrected chi connectivity index (χ2v) is 4.87. The Morgan fingerprint density at radius 3 is 2.56 bits per heavy atom. The van der Waals surface area contributed by atoms with E-state index in [0.717, 1.165) is 0 Å². The first-order valence-electron chi connectivity index (χ1n) is 4.18. The number of aromatic nitrogens is 3. The Hall–Kier alpha value is -1.44. The Labute approximate surface area is 96.5 Å². The zero-order valence-electron chi connectivity index (χ0n) is 7.88. The normalized spacial score (nSPS) is 11.6. The van der Waals surface area contributed by atoms with Crippen molar-refractivity contribution in [2.45, 2.75) is 5.16 Å². The number of sulfonamides is 1. The first-order chi connectivity index (χ1) is 7.48. The second kappa shape index (κ2) is 3.85. The highest BCUT2D eigenvalue weighted by atomic mass is 35.5. The Morgan fingerprint density at radius 1 is 1.31 bits per heavy atom. The molecule has 0 bridgehead atoms. The van der Waals surface area contributed by atoms with Crippen molar-refractivity contribution in [1.82, 2.24) is 15.2 Å². The lowest BCUT2D eigenvalue weighted by molar-refractivity contribution is 0.589. The predicted molar refractivity (Wildman–Crippen MR) is 58.2 cm³/mol. The molecule has 0 saturated carbocycles. The number of nitrogens with two attached hydrogens (primary N) is 1. The van der Waals surface area contributed by atoms with Crippen molar-refractivity contribution in [3.05, 3.63) is 29.3 Å². The molecule has 6 nitrogen and oxygen atoms in total. The van der Waals surface area contributed by atoms with E-state index in [2.05, 4.69) is 15.2 Å². The van der Waals surface area contributed by atoms with Crippen molar-refractivity contribution >= 4 is 21.6 Å². The maximum atomic E-state index is 11.0. The van der Waals surface area contributed by atoms with Gasteiger partial charge < -0.3 is 0 Å². The molecule has 0 saturated heterocycles. The first kappa shape index (κ1) is 11.1. The summed E-state index contributed by atoms with van der Waals surface area (Å²) in [5.41, 5.74) is 0.537. The summed E-state index contributed by atoms with van der Waals surface area (Å²) in [4.78, 5) is 3.75. The number of hydrogen-bond acceptors (Lipinski definition) is 4. The summed E-state index contributed by atoms with van der Waals surface area (Å²) in [5.74, 6) is 0.189. The molecule has 0 aliphatic carbocycles. The number of nitrogens with zero attached hydrogens (tertiary/aromatic N) is 2. The van der Waals surface area contributed by atoms with Gasteiger partial charge in [0.2, 0.25) is 0 Å². The van der Waals surface area contributed by atoms with Crippen molar-refractivity contribution in [3.63, 3.8) is 0 Å². The number of rotatable bonds is 2. The Balaban J connectivity index is 2.52. The standard InChI is InChI=1S/C8H7ClN4O2S/c9-6-4-2-1-3-5(6)7-11-8(13-12-7)16(10,14)15/h1-4H,(H2,10,14,15)(H,11,12,13). The van der Waals surface area contributed by atoms with Gasteiger partial charge in [-0.2, -0.15) is 10.1 Å². The van der Waals surface area contributed by atoms with Crippen molar-refractivity contribution in [1.29, 1.82) is 0 Å². The molecule has 2 rings (SSSR count). The van der Waals surface area contributed by atoms with Crippen LogP contribution in [0.5, 0.6) is 0 Å². The molecule has 0 aliphatic rings. The molecule has 0 amide bonds. The maximum absolute atomic E-state index is 11.0. The average molecular weight is 259 g/mol. The molecule has 0 unspecified atom stereocenters. The van der Waals surface area contributed by atoms with Gasteiger partial charge in [0.15, 0.2) is 5.82 Å². The molecule has 0 atom stereocenters. The molecule has 0 fully saturated rings. The summed E-state index contributed by atoms with van der Waals surface area (Å²) >= 11 is 5.91. The van der Waals surface area contributed by atoms with Crippen LogP contribution >= 0.6 is 11.6 Å². The van der Waals surface area contributed by atoms with Gasteiger partial charge >= 0.3 is 0 Å². The topological polar surface area (TPSA) is 102 Å². The third kappa shape index (κ3) is 2.06. The Morgan fingerprint density at radius 2 is 2.00 bits per heavy atom. The van der Waals surface area contributed by atoms with Crippen LogP contribution in [0.2, 0.25) is 5.02 Å². The lowest BCUT2D eigenvalue weighted by Crippen LogP contribution is -2.13. The molecule has 8 heteroatoms. The monoisotopic (exact) mass is 258 g/mol. The molecule has 2 aromatic rings. The number of nitrogens with one attached hydrogen (secondary N) is 1. The first-order valence-corrected chi connectivity index (χ1v) is 6.11. The number of hydrogen-bond donors (Lipinski definition) is 2. The van der Waals surface area contributed by atoms with Gasteiger partial charge in [0.25, 0.3) is 15.2 Å². The fraction of sp³-hybridized carbons (Fsp3) is 0. The molecular formula is C8H7ClN4O2S. The van der Waals surface area contributed by atoms with E-state index < -0.39 is 10.0 Å². The van der Waals surface area contributed by atoms with E-state index in [0.29, 0.717) is 10.6 Å². The highest BCUT2D eigenvalue weighted by Crippen LogP contribution is 2.24. The second-order valence-electron chi connectivity index (χ2n) is 2.99. The lowest BCUT2D eigenvalue weighted by Gasteiger charge is -1.96. The van der Waals surface area contributed by atoms with Gasteiger partial charge in [0.05, 0.1) is 5.02 Å². The van der Waals surface area contributed by atoms with E-state index in [1.807, 2.05) is 0 Å². The molecule has 16 heavy (non-hydrogen) atoms. The summed E-state index contributed by atoms with van der Waals surface area (Å²) in [7, 11) is -3.88. The Kier molecular flexibility index (Phi) is 2.66. The van der Waals surface area contributed by atoms with Gasteiger partial charge in [-0.3, -0.25) is 0 Å². The van der Waals surface area contributed by atoms with Crippen LogP contribution in [0.4, 0.5) is 0 Å². The van der Waals surface area contributed by atoms with E-state index >= 15 is 0 Å². The highest BCUT2D eigenvalue weighted by molar-refractivity contribution is 7.89. The summed E-state index contributed by atoms with van der Waals surface area (Å²) in [6.07, 6.45) is 0. The van der Waals surface area contributed by atoms with Crippen LogP contribution in [0, 0.1) is 0 Å². The molecule has 0 spiro atoms. The van der Waals surface area contributed by atoms with Crippen LogP contribution in [0.3, 0.4) is 0 Å². The number of aromatic amines is 1. The van der Waals surface area contributed by atoms with Gasteiger partial charge in [0, 0.05) is 5.56 Å². The molecule has 0 radical (unpaired) electrons. The van der Waals surface area contributed by atoms with Crippen LogP contribution in [0.1, 0.15) is 0 Å². The van der Waals surface area contributed by atoms with Crippen LogP contribution in [-0.4, -0.2) is 23.6 Å². The number of primary sulfonamides is 1. The minimum atomic E-state index is -3.88. The summed E-state index contributed by atoms with van der Waals surface area (Å²) in [6.45, 7) is 0. The summed E-state index contributed by atoms with van der Waals surface area (Å²) < 4.78 is 21.9. The molecule has 1 aromatic carbocycles. The maximum Gasteiger partial charge on any atom is 0.273 e. The highest BCUT2D eigenvalue weighted by Gasteiger charge is 2.15. The van der Waals surface area contributed by atoms with Gasteiger partial charge in [-0.15, -0.1) is 0 Å². The SMILES string of the molecule is NS(=O)(=O)c1nc(-c2ccccc2Cl)n[nH]1. The number of benzene rings is 1. The van der Waals surface area contributed by atoms with Gasteiger partial charge in [-0.05, 0) is 12.1 Å². The van der Waals surface area contributed by atoms with E-state index in [-0.39, 0.29) is 11.0 Å². The van der Waals surface area contributed by atoms with Crippen LogP contribution in [0.25, 0.3) is 11.4 Å². The zero-order valence-corrected chi connectivity index (χ0v) is 9.46. The molecule has 0 aliphatic heterocycles. The molecule has 84 valence electrons. The van der Waals surface area contributed by atoms with Gasteiger partial charge in [-0.1, -0.05) is 23.7 Å². The minimum Gasteiger partial charge on any atom is -0.248 e. The fourth-order valence-corrected chi connectivity index (χ4v) is 1.74. The minimum absolute atomic E-state index is 0.189. The van der Waals surface area contributed by atoms with E-state index in [1.165, 1.54) is 0 Å². The summed E-state index contributed by atoms with van der Waals surface area (Å²) in [6, 6.07) is 6.83. The van der Waals surface area contributed by atoms with Gasteiger partial charge in [0.1, 0.15) is 0 Å². The number of H-pyrrole nitrogens is 1. The smallest absolute Gasteiger partial charge is 0.248 e. The van der Waals surface area contributed by atoms with Crippen molar-refractivity contribution in [3.8, 4) is 11.4 Å². The van der Waals surface area contributed by atoms with Crippen LogP contribution in [-0.2, 0) is 10.0 Å². The van der Waals surface area contributed by atoms with E-state index in [9.17, 15) is 8.42 Å². The van der Waals surface area contributed by atoms with Crippen molar-refractivity contribution in [2.24, 2.45) is 5.14 Å². The largest absolute Gasteiger partial charge is 0.273 e. The fourth-order valence-electron chi connectivity index (χ4n) is 1.14. The van der Waals surface area contributed by atoms with Crippen LogP contribution < -0.4 is 5.14 Å². The van der Waals surface area contributed by atoms with Crippen molar-refractivity contribution < 1.29 is 8.42 Å². The number of halogens is 1. The summed E-state index contributed by atoms with van der Waals surface area (Å²) in [5, 5.41) is 10.9. The van der Waals surface area contributed by atoms with E-state index in [1.54, 1.807) is 24.3 Å². The quantitative estimate of drug-likeness (QED) is 0.831. The third-order valence-corrected chi connectivity index (χ3v) is 2.90. The molecule has 3 N–H and O–H groups in total. The molecule has 1 heterocycles. The molecule has 1 aromatic heterocycles. The molecular weight excluding hydrogens is 252 g/mol. The van der Waals surface area contributed by atoms with Crippen molar-refractivity contribution in [2.75, 3.05) is 0 Å². The zero-order chi connectivity index (χ0) is 11.8.